The van der Waals surface area contributed by atoms with Gasteiger partial charge in [0.25, 0.3) is 0 Å². The quantitative estimate of drug-likeness (QED) is 0.639. The Labute approximate surface area is 110 Å². The molecule has 0 atom stereocenters. The molecular weight excluding hydrogens is 202 g/mol. The first kappa shape index (κ1) is 13.6. The lowest BCUT2D eigenvalue weighted by Gasteiger charge is -2.44. The molecule has 2 bridgehead atoms. The maximum absolute atomic E-state index is 2.53. The van der Waals surface area contributed by atoms with Crippen LogP contribution >= 0.6 is 0 Å². The fourth-order valence-corrected chi connectivity index (χ4v) is 4.55. The zero-order valence-electron chi connectivity index (χ0n) is 12.7. The molecule has 2 heteroatoms. The molecule has 2 aliphatic carbocycles. The predicted octanol–water partition coefficient (Wildman–Crippen LogP) is 3.02. The van der Waals surface area contributed by atoms with Crippen LogP contribution in [-0.4, -0.2) is 15.7 Å². The van der Waals surface area contributed by atoms with Crippen molar-refractivity contribution in [2.45, 2.75) is 70.9 Å². The summed E-state index contributed by atoms with van der Waals surface area (Å²) in [5.74, 6) is 3.26. The average molecular weight is 232 g/mol. The van der Waals surface area contributed by atoms with Crippen molar-refractivity contribution in [1.82, 2.24) is 0 Å². The van der Waals surface area contributed by atoms with Gasteiger partial charge < -0.3 is 0 Å². The van der Waals surface area contributed by atoms with Crippen molar-refractivity contribution in [2.75, 3.05) is 0 Å². The van der Waals surface area contributed by atoms with Gasteiger partial charge in [-0.25, -0.2) is 0 Å². The maximum atomic E-state index is 2.53. The van der Waals surface area contributed by atoms with Gasteiger partial charge in [0.2, 0.25) is 0 Å². The van der Waals surface area contributed by atoms with Crippen LogP contribution in [0.5, 0.6) is 0 Å². The van der Waals surface area contributed by atoms with E-state index in [1.54, 1.807) is 25.7 Å². The van der Waals surface area contributed by atoms with Gasteiger partial charge in [0.15, 0.2) is 0 Å². The topological polar surface area (TPSA) is 0 Å². The third kappa shape index (κ3) is 2.47. The summed E-state index contributed by atoms with van der Waals surface area (Å²) in [5, 5.41) is 0.513. The van der Waals surface area contributed by atoms with Crippen molar-refractivity contribution in [3.63, 3.8) is 0 Å². The van der Waals surface area contributed by atoms with E-state index in [1.165, 1.54) is 19.3 Å². The molecule has 0 N–H and O–H groups in total. The second-order valence-electron chi connectivity index (χ2n) is 8.06. The molecule has 0 heterocycles. The normalized spacial score (nSPS) is 33.2. The molecule has 0 unspecified atom stereocenters. The van der Waals surface area contributed by atoms with E-state index in [0.717, 1.165) is 17.8 Å². The summed E-state index contributed by atoms with van der Waals surface area (Å²) in [6.07, 6.45) is 10.4. The minimum atomic E-state index is 0.504. The molecule has 0 amide bonds. The summed E-state index contributed by atoms with van der Waals surface area (Å²) in [7, 11) is 5.06. The molecule has 0 aromatic heterocycles. The minimum absolute atomic E-state index is 0.504. The van der Waals surface area contributed by atoms with E-state index in [0.29, 0.717) is 10.6 Å². The zero-order valence-corrected chi connectivity index (χ0v) is 12.7. The lowest BCUT2D eigenvalue weighted by molar-refractivity contribution is 0.221. The van der Waals surface area contributed by atoms with Gasteiger partial charge in [0, 0.05) is 0 Å². The van der Waals surface area contributed by atoms with E-state index < -0.39 is 0 Å². The maximum Gasteiger partial charge on any atom is 0.0999 e. The first-order chi connectivity index (χ1) is 7.87. The van der Waals surface area contributed by atoms with Gasteiger partial charge in [-0.05, 0) is 55.3 Å². The number of hydrogen-bond donors (Lipinski definition) is 0. The summed E-state index contributed by atoms with van der Waals surface area (Å²) < 4.78 is 0. The van der Waals surface area contributed by atoms with Crippen LogP contribution in [-0.2, 0) is 0 Å². The molecule has 0 saturated heterocycles. The summed E-state index contributed by atoms with van der Waals surface area (Å²) in [6.45, 7) is 7.32. The molecular formula is C15H30B2. The predicted molar refractivity (Wildman–Crippen MR) is 82.0 cm³/mol. The second-order valence-corrected chi connectivity index (χ2v) is 8.06. The Morgan fingerprint density at radius 2 is 1.47 bits per heavy atom. The van der Waals surface area contributed by atoms with Crippen molar-refractivity contribution in [3.05, 3.63) is 0 Å². The highest BCUT2D eigenvalue weighted by Crippen LogP contribution is 2.57. The molecule has 17 heavy (non-hydrogen) atoms. The van der Waals surface area contributed by atoms with Crippen LogP contribution in [0.15, 0.2) is 0 Å². The molecule has 2 rings (SSSR count). The first-order valence-electron chi connectivity index (χ1n) is 7.87. The molecule has 96 valence electrons. The SMILES string of the molecule is BC(B)(CC1C2CCC1CC2)C(C)(C)CCC. The van der Waals surface area contributed by atoms with Gasteiger partial charge in [-0.15, -0.1) is 0 Å². The first-order valence-corrected chi connectivity index (χ1v) is 7.87. The van der Waals surface area contributed by atoms with E-state index in [9.17, 15) is 0 Å². The molecule has 0 aliphatic heterocycles. The molecule has 2 saturated carbocycles. The van der Waals surface area contributed by atoms with Crippen LogP contribution in [0.3, 0.4) is 0 Å². The van der Waals surface area contributed by atoms with Gasteiger partial charge in [0.1, 0.15) is 0 Å². The summed E-state index contributed by atoms with van der Waals surface area (Å²) in [5.41, 5.74) is 0.504. The Bertz CT molecular complexity index is 250. The summed E-state index contributed by atoms with van der Waals surface area (Å²) in [6, 6.07) is 0. The lowest BCUT2D eigenvalue weighted by atomic mass is 9.39. The van der Waals surface area contributed by atoms with Crippen LogP contribution in [0.2, 0.25) is 5.21 Å². The van der Waals surface area contributed by atoms with Crippen molar-refractivity contribution < 1.29 is 0 Å². The minimum Gasteiger partial charge on any atom is -0.0793 e. The molecule has 0 aromatic rings. The Kier molecular flexibility index (Phi) is 3.72. The van der Waals surface area contributed by atoms with E-state index in [2.05, 4.69) is 36.5 Å². The van der Waals surface area contributed by atoms with E-state index in [1.807, 2.05) is 0 Å². The number of rotatable bonds is 5. The van der Waals surface area contributed by atoms with E-state index in [-0.39, 0.29) is 0 Å². The Hall–Kier alpha value is 0.130. The van der Waals surface area contributed by atoms with Crippen LogP contribution in [0.25, 0.3) is 0 Å². The smallest absolute Gasteiger partial charge is 0.0793 e. The summed E-state index contributed by atoms with van der Waals surface area (Å²) in [4.78, 5) is 0. The van der Waals surface area contributed by atoms with Crippen LogP contribution < -0.4 is 0 Å². The van der Waals surface area contributed by atoms with Crippen molar-refractivity contribution in [3.8, 4) is 0 Å². The van der Waals surface area contributed by atoms with Gasteiger partial charge in [0.05, 0.1) is 15.7 Å². The monoisotopic (exact) mass is 232 g/mol. The molecule has 0 aromatic carbocycles. The van der Waals surface area contributed by atoms with Gasteiger partial charge >= 0.3 is 0 Å². The third-order valence-corrected chi connectivity index (χ3v) is 6.48. The standard InChI is InChI=1S/C15H30B2/c1-4-9-14(2,3)15(16,17)10-13-11-5-6-12(13)8-7-11/h11-13H,4-10,16-17H2,1-3H3. The zero-order chi connectivity index (χ0) is 12.7. The van der Waals surface area contributed by atoms with Crippen LogP contribution in [0.4, 0.5) is 0 Å². The highest BCUT2D eigenvalue weighted by atomic mass is 14.5. The van der Waals surface area contributed by atoms with Gasteiger partial charge in [-0.3, -0.25) is 0 Å². The number of fused-ring (bicyclic) bond motifs is 2. The Morgan fingerprint density at radius 1 is 1.00 bits per heavy atom. The highest BCUT2D eigenvalue weighted by molar-refractivity contribution is 6.40. The van der Waals surface area contributed by atoms with Crippen molar-refractivity contribution in [2.24, 2.45) is 23.2 Å². The molecule has 0 radical (unpaired) electrons. The number of hydrogen-bond acceptors (Lipinski definition) is 0. The molecule has 0 spiro atoms. The van der Waals surface area contributed by atoms with Crippen LogP contribution in [0, 0.1) is 23.2 Å². The second kappa shape index (κ2) is 4.67. The van der Waals surface area contributed by atoms with E-state index in [4.69, 9.17) is 0 Å². The molecule has 2 aliphatic rings. The van der Waals surface area contributed by atoms with E-state index >= 15 is 0 Å². The average Bonchev–Trinajstić information content (AvgIpc) is 2.77. The van der Waals surface area contributed by atoms with Gasteiger partial charge in [-0.2, -0.15) is 0 Å². The third-order valence-electron chi connectivity index (χ3n) is 6.48. The largest absolute Gasteiger partial charge is 0.0999 e. The lowest BCUT2D eigenvalue weighted by Crippen LogP contribution is -2.35. The Balaban J connectivity index is 2.01. The molecule has 2 fully saturated rings. The molecule has 0 nitrogen and oxygen atoms in total. The van der Waals surface area contributed by atoms with Crippen LogP contribution in [0.1, 0.15) is 65.7 Å². The fraction of sp³-hybridized carbons (Fsp3) is 1.00. The highest BCUT2D eigenvalue weighted by Gasteiger charge is 2.46. The van der Waals surface area contributed by atoms with Crippen molar-refractivity contribution in [1.29, 1.82) is 0 Å². The summed E-state index contributed by atoms with van der Waals surface area (Å²) >= 11 is 0. The van der Waals surface area contributed by atoms with Gasteiger partial charge in [-0.1, -0.05) is 38.8 Å². The fourth-order valence-electron chi connectivity index (χ4n) is 4.55. The Morgan fingerprint density at radius 3 is 1.88 bits per heavy atom. The van der Waals surface area contributed by atoms with Crippen molar-refractivity contribution >= 4 is 15.7 Å².